The van der Waals surface area contributed by atoms with Gasteiger partial charge in [0.2, 0.25) is 0 Å². The predicted octanol–water partition coefficient (Wildman–Crippen LogP) is -9.17. The second-order valence-corrected chi connectivity index (χ2v) is 0.770. The summed E-state index contributed by atoms with van der Waals surface area (Å²) < 4.78 is 0. The van der Waals surface area contributed by atoms with E-state index < -0.39 is 14.6 Å². The SMILES string of the molecule is [Mg+2].[Mg+2].[Mg+2].[O-]OB([O-])[O-].[O-]OB([O-])[O-]. The third-order valence-electron chi connectivity index (χ3n) is 0.157. The minimum Gasteiger partial charge on any atom is -0.871 e. The second-order valence-electron chi connectivity index (χ2n) is 0.770. The normalized spacial score (nSPS) is 6.00. The Labute approximate surface area is 123 Å². The molecule has 0 aromatic heterocycles. The van der Waals surface area contributed by atoms with E-state index in [1.54, 1.807) is 0 Å². The average molecular weight is 223 g/mol. The zero-order valence-corrected chi connectivity index (χ0v) is 10.8. The predicted molar refractivity (Wildman–Crippen MR) is 30.9 cm³/mol. The summed E-state index contributed by atoms with van der Waals surface area (Å²) in [5.41, 5.74) is 0. The van der Waals surface area contributed by atoms with Crippen molar-refractivity contribution in [3.63, 3.8) is 0 Å². The van der Waals surface area contributed by atoms with Crippen LogP contribution in [0.25, 0.3) is 0 Å². The van der Waals surface area contributed by atoms with Crippen LogP contribution in [-0.2, 0) is 9.61 Å². The fourth-order valence-corrected chi connectivity index (χ4v) is 0. The Bertz CT molecular complexity index is 53.4. The van der Waals surface area contributed by atoms with Gasteiger partial charge in [-0.1, -0.05) is 0 Å². The van der Waals surface area contributed by atoms with Gasteiger partial charge in [-0.25, -0.2) is 0 Å². The van der Waals surface area contributed by atoms with E-state index in [0.717, 1.165) is 0 Å². The summed E-state index contributed by atoms with van der Waals surface area (Å²) in [6.45, 7) is 0. The summed E-state index contributed by atoms with van der Waals surface area (Å²) in [7, 11) is -5.34. The van der Waals surface area contributed by atoms with E-state index in [2.05, 4.69) is 9.61 Å². The molecule has 13 heavy (non-hydrogen) atoms. The zero-order valence-electron chi connectivity index (χ0n) is 6.54. The quantitative estimate of drug-likeness (QED) is 0.253. The van der Waals surface area contributed by atoms with Crippen molar-refractivity contribution in [3.05, 3.63) is 0 Å². The number of rotatable bonds is 2. The van der Waals surface area contributed by atoms with E-state index >= 15 is 0 Å². The molecule has 0 rings (SSSR count). The van der Waals surface area contributed by atoms with Crippen molar-refractivity contribution in [2.75, 3.05) is 0 Å². The van der Waals surface area contributed by atoms with Crippen LogP contribution in [0.1, 0.15) is 0 Å². The van der Waals surface area contributed by atoms with Gasteiger partial charge in [-0.3, -0.25) is 0 Å². The molecule has 0 atom stereocenters. The molecule has 0 saturated heterocycles. The van der Waals surface area contributed by atoms with Crippen LogP contribution in [0, 0.1) is 0 Å². The van der Waals surface area contributed by atoms with Crippen molar-refractivity contribution in [2.45, 2.75) is 0 Å². The van der Waals surface area contributed by atoms with E-state index in [9.17, 15) is 0 Å². The maximum Gasteiger partial charge on any atom is 2.00 e. The van der Waals surface area contributed by atoms with E-state index in [-0.39, 0.29) is 69.2 Å². The molecule has 0 aliphatic rings. The Hall–Kier alpha value is 2.11. The van der Waals surface area contributed by atoms with Crippen molar-refractivity contribution in [3.8, 4) is 0 Å². The molecule has 13 heteroatoms. The molecule has 0 aliphatic carbocycles. The van der Waals surface area contributed by atoms with E-state index in [0.29, 0.717) is 0 Å². The average Bonchev–Trinajstić information content (AvgIpc) is 1.89. The van der Waals surface area contributed by atoms with Gasteiger partial charge in [-0.05, 0) is 0 Å². The molecule has 0 fully saturated rings. The van der Waals surface area contributed by atoms with Gasteiger partial charge in [-0.2, -0.15) is 0 Å². The molecule has 0 saturated carbocycles. The Morgan fingerprint density at radius 1 is 0.615 bits per heavy atom. The third kappa shape index (κ3) is 55.4. The molecule has 0 aliphatic heterocycles. The topological polar surface area (TPSA) is 157 Å². The van der Waals surface area contributed by atoms with Gasteiger partial charge in [0.1, 0.15) is 0 Å². The van der Waals surface area contributed by atoms with Gasteiger partial charge < -0.3 is 40.2 Å². The van der Waals surface area contributed by atoms with Crippen LogP contribution in [0.2, 0.25) is 0 Å². The van der Waals surface area contributed by atoms with Crippen LogP contribution < -0.4 is 30.6 Å². The maximum atomic E-state index is 8.81. The van der Waals surface area contributed by atoms with Gasteiger partial charge >= 0.3 is 69.2 Å². The van der Waals surface area contributed by atoms with Crippen LogP contribution in [0.3, 0.4) is 0 Å². The van der Waals surface area contributed by atoms with Crippen molar-refractivity contribution < 1.29 is 40.2 Å². The summed E-state index contributed by atoms with van der Waals surface area (Å²) in [5, 5.41) is 52.2. The fourth-order valence-electron chi connectivity index (χ4n) is 0. The minimum atomic E-state index is -2.67. The molecule has 0 radical (unpaired) electrons. The molecule has 0 amide bonds. The molecule has 0 bridgehead atoms. The van der Waals surface area contributed by atoms with E-state index in [1.165, 1.54) is 0 Å². The first kappa shape index (κ1) is 29.4. The first-order chi connectivity index (χ1) is 4.54. The van der Waals surface area contributed by atoms with E-state index in [4.69, 9.17) is 30.6 Å². The fraction of sp³-hybridized carbons (Fsp3) is 0. The molecule has 0 heterocycles. The van der Waals surface area contributed by atoms with Crippen LogP contribution in [0.5, 0.6) is 0 Å². The second kappa shape index (κ2) is 23.7. The Morgan fingerprint density at radius 2 is 0.692 bits per heavy atom. The molecule has 0 aromatic rings. The zero-order chi connectivity index (χ0) is 8.57. The van der Waals surface area contributed by atoms with Crippen LogP contribution in [0.15, 0.2) is 0 Å². The summed E-state index contributed by atoms with van der Waals surface area (Å²) in [6.07, 6.45) is 0. The molecule has 0 aromatic carbocycles. The monoisotopic (exact) mass is 222 g/mol. The minimum absolute atomic E-state index is 0. The summed E-state index contributed by atoms with van der Waals surface area (Å²) >= 11 is 0. The molecule has 0 unspecified atom stereocenters. The number of hydrogen-bond donors (Lipinski definition) is 0. The van der Waals surface area contributed by atoms with Gasteiger partial charge in [0.25, 0.3) is 0 Å². The van der Waals surface area contributed by atoms with Gasteiger partial charge in [-0.15, -0.1) is 0 Å². The smallest absolute Gasteiger partial charge is 0.871 e. The summed E-state index contributed by atoms with van der Waals surface area (Å²) in [6, 6.07) is 0. The van der Waals surface area contributed by atoms with Crippen LogP contribution in [-0.4, -0.2) is 83.8 Å². The summed E-state index contributed by atoms with van der Waals surface area (Å²) in [5.74, 6) is 0. The largest absolute Gasteiger partial charge is 2.00 e. The van der Waals surface area contributed by atoms with Crippen molar-refractivity contribution in [2.24, 2.45) is 0 Å². The molecule has 60 valence electrons. The van der Waals surface area contributed by atoms with Gasteiger partial charge in [0, 0.05) is 14.6 Å². The molecule has 0 N–H and O–H groups in total. The van der Waals surface area contributed by atoms with Gasteiger partial charge in [0.05, 0.1) is 0 Å². The summed E-state index contributed by atoms with van der Waals surface area (Å²) in [4.78, 5) is 4.78. The molecule has 0 spiro atoms. The van der Waals surface area contributed by atoms with Crippen molar-refractivity contribution in [1.82, 2.24) is 0 Å². The van der Waals surface area contributed by atoms with Crippen molar-refractivity contribution >= 4 is 83.8 Å². The van der Waals surface area contributed by atoms with E-state index in [1.807, 2.05) is 0 Å². The third-order valence-corrected chi connectivity index (χ3v) is 0.157. The number of hydrogen-bond acceptors (Lipinski definition) is 8. The molecular weight excluding hydrogens is 223 g/mol. The molecule has 8 nitrogen and oxygen atoms in total. The first-order valence-corrected chi connectivity index (χ1v) is 1.75. The van der Waals surface area contributed by atoms with Gasteiger partial charge in [0.15, 0.2) is 0 Å². The van der Waals surface area contributed by atoms with Crippen LogP contribution in [0.4, 0.5) is 0 Å². The standard InChI is InChI=1S/2BHO4.3Mg/c2*2-1(3)5-4;;;/h2*4H;;;/q2*-2;3*+2/p-2. The maximum absolute atomic E-state index is 8.81. The first-order valence-electron chi connectivity index (χ1n) is 1.75. The Balaban J connectivity index is -0.0000000267. The Morgan fingerprint density at radius 3 is 0.692 bits per heavy atom. The van der Waals surface area contributed by atoms with Crippen molar-refractivity contribution in [1.29, 1.82) is 0 Å². The molecular formula is B2Mg3O8. The Kier molecular flexibility index (Phi) is 53.7. The van der Waals surface area contributed by atoms with Crippen LogP contribution >= 0.6 is 0 Å².